The zero-order valence-electron chi connectivity index (χ0n) is 22.9. The van der Waals surface area contributed by atoms with E-state index in [0.29, 0.717) is 33.9 Å². The van der Waals surface area contributed by atoms with Crippen LogP contribution in [0.3, 0.4) is 0 Å². The van der Waals surface area contributed by atoms with Gasteiger partial charge in [-0.2, -0.15) is 0 Å². The summed E-state index contributed by atoms with van der Waals surface area (Å²) in [6, 6.07) is 7.53. The van der Waals surface area contributed by atoms with Crippen molar-refractivity contribution in [2.75, 3.05) is 0 Å². The maximum atomic E-state index is 11.8. The van der Waals surface area contributed by atoms with Crippen LogP contribution in [0.15, 0.2) is 37.4 Å². The lowest BCUT2D eigenvalue weighted by molar-refractivity contribution is -0.136. The summed E-state index contributed by atoms with van der Waals surface area (Å²) >= 11 is 0. The summed E-state index contributed by atoms with van der Waals surface area (Å²) in [6.45, 7) is 15.7. The summed E-state index contributed by atoms with van der Waals surface area (Å²) in [5, 5.41) is 19.3. The van der Waals surface area contributed by atoms with Gasteiger partial charge in [-0.3, -0.25) is 9.59 Å². The molecule has 3 aromatic rings. The number of aryl methyl sites for hydroxylation is 2. The first-order valence-corrected chi connectivity index (χ1v) is 12.9. The second-order valence-electron chi connectivity index (χ2n) is 10.1. The van der Waals surface area contributed by atoms with Crippen LogP contribution in [0.4, 0.5) is 0 Å². The van der Waals surface area contributed by atoms with Crippen LogP contribution in [-0.2, 0) is 9.59 Å². The van der Waals surface area contributed by atoms with E-state index in [0.717, 1.165) is 55.5 Å². The Morgan fingerprint density at radius 2 is 1.07 bits per heavy atom. The quantitative estimate of drug-likeness (QED) is 0.268. The largest absolute Gasteiger partial charge is 0.481 e. The normalized spacial score (nSPS) is 13.1. The maximum Gasteiger partial charge on any atom is 0.307 e. The number of carboxylic acid groups (broad SMARTS) is 2. The lowest BCUT2D eigenvalue weighted by Gasteiger charge is -2.03. The molecule has 0 saturated heterocycles. The molecule has 5 heterocycles. The number of carboxylic acids is 2. The number of hydrogen-bond donors (Lipinski definition) is 4. The number of aromatic amines is 2. The van der Waals surface area contributed by atoms with Crippen LogP contribution in [0.25, 0.3) is 56.5 Å². The van der Waals surface area contributed by atoms with Gasteiger partial charge in [0.15, 0.2) is 0 Å². The number of fused-ring (bicyclic) bond motifs is 8. The molecule has 0 radical (unpaired) electrons. The molecule has 0 atom stereocenters. The van der Waals surface area contributed by atoms with Crippen molar-refractivity contribution in [2.45, 2.75) is 40.5 Å². The van der Waals surface area contributed by atoms with Gasteiger partial charge in [-0.15, -0.1) is 0 Å². The predicted octanol–water partition coefficient (Wildman–Crippen LogP) is 7.03. The van der Waals surface area contributed by atoms with Gasteiger partial charge in [-0.1, -0.05) is 25.3 Å². The van der Waals surface area contributed by atoms with Gasteiger partial charge in [-0.25, -0.2) is 9.97 Å². The van der Waals surface area contributed by atoms with E-state index < -0.39 is 11.9 Å². The number of H-pyrrole nitrogens is 2. The van der Waals surface area contributed by atoms with Crippen LogP contribution in [0.2, 0.25) is 0 Å². The van der Waals surface area contributed by atoms with Crippen molar-refractivity contribution in [1.29, 1.82) is 0 Å². The molecule has 5 rings (SSSR count). The predicted molar refractivity (Wildman–Crippen MR) is 160 cm³/mol. The number of aromatic nitrogens is 4. The molecule has 8 nitrogen and oxygen atoms in total. The van der Waals surface area contributed by atoms with E-state index in [-0.39, 0.29) is 12.8 Å². The molecular weight excluding hydrogens is 504 g/mol. The highest BCUT2D eigenvalue weighted by molar-refractivity contribution is 6.01. The number of rotatable bonds is 6. The zero-order valence-corrected chi connectivity index (χ0v) is 22.9. The summed E-state index contributed by atoms with van der Waals surface area (Å²) in [5.74, 6) is -1.96. The number of nitrogens with one attached hydrogen (secondary N) is 2. The molecule has 0 amide bonds. The zero-order chi connectivity index (χ0) is 28.9. The van der Waals surface area contributed by atoms with Crippen molar-refractivity contribution in [2.24, 2.45) is 0 Å². The monoisotopic (exact) mass is 534 g/mol. The Hall–Kier alpha value is -4.98. The van der Waals surface area contributed by atoms with Gasteiger partial charge in [-0.05, 0) is 85.4 Å². The van der Waals surface area contributed by atoms with Crippen molar-refractivity contribution in [3.8, 4) is 0 Å². The molecule has 2 aliphatic rings. The van der Waals surface area contributed by atoms with Crippen molar-refractivity contribution < 1.29 is 19.8 Å². The molecule has 0 aliphatic carbocycles. The fraction of sp³-hybridized carbons (Fsp3) is 0.188. The summed E-state index contributed by atoms with van der Waals surface area (Å²) in [6.07, 6.45) is 3.15. The number of aliphatic carboxylic acids is 2. The van der Waals surface area contributed by atoms with E-state index in [1.165, 1.54) is 0 Å². The molecule has 40 heavy (non-hydrogen) atoms. The Labute approximate surface area is 231 Å². The van der Waals surface area contributed by atoms with E-state index in [1.54, 1.807) is 12.1 Å². The third kappa shape index (κ3) is 4.47. The molecule has 0 fully saturated rings. The Morgan fingerprint density at radius 1 is 0.675 bits per heavy atom. The average Bonchev–Trinajstić information content (AvgIpc) is 3.54. The van der Waals surface area contributed by atoms with Gasteiger partial charge in [0.1, 0.15) is 0 Å². The minimum Gasteiger partial charge on any atom is -0.481 e. The number of hydrogen-bond acceptors (Lipinski definition) is 4. The second-order valence-corrected chi connectivity index (χ2v) is 10.1. The topological polar surface area (TPSA) is 132 Å². The molecule has 3 aromatic heterocycles. The van der Waals surface area contributed by atoms with Crippen LogP contribution < -0.4 is 0 Å². The minimum atomic E-state index is -0.982. The smallest absolute Gasteiger partial charge is 0.307 e. The Morgan fingerprint density at radius 3 is 1.50 bits per heavy atom. The maximum absolute atomic E-state index is 11.8. The lowest BCUT2D eigenvalue weighted by atomic mass is 10.00. The molecule has 202 valence electrons. The molecule has 0 spiro atoms. The number of allylic oxidation sites excluding steroid dienone is 2. The van der Waals surface area contributed by atoms with Crippen LogP contribution in [0, 0.1) is 13.8 Å². The number of nitrogens with zero attached hydrogens (tertiary/aromatic N) is 2. The first kappa shape index (κ1) is 26.6. The van der Waals surface area contributed by atoms with Crippen molar-refractivity contribution in [3.05, 3.63) is 82.5 Å². The molecular formula is C32H30N4O4. The summed E-state index contributed by atoms with van der Waals surface area (Å²) < 4.78 is 0. The number of carbonyl (C=O) groups is 2. The van der Waals surface area contributed by atoms with Crippen LogP contribution >= 0.6 is 0 Å². The van der Waals surface area contributed by atoms with Crippen molar-refractivity contribution in [1.82, 2.24) is 19.9 Å². The highest BCUT2D eigenvalue weighted by Crippen LogP contribution is 2.37. The molecule has 0 saturated carbocycles. The van der Waals surface area contributed by atoms with Gasteiger partial charge in [0, 0.05) is 33.2 Å². The fourth-order valence-corrected chi connectivity index (χ4v) is 5.42. The van der Waals surface area contributed by atoms with E-state index >= 15 is 0 Å². The molecule has 4 N–H and O–H groups in total. The highest BCUT2D eigenvalue weighted by Gasteiger charge is 2.24. The third-order valence-corrected chi connectivity index (χ3v) is 7.70. The van der Waals surface area contributed by atoms with Gasteiger partial charge in [0.25, 0.3) is 0 Å². The Kier molecular flexibility index (Phi) is 6.63. The average molecular weight is 535 g/mol. The fourth-order valence-electron chi connectivity index (χ4n) is 5.42. The molecule has 8 bridgehead atoms. The lowest BCUT2D eigenvalue weighted by Crippen LogP contribution is -1.98. The van der Waals surface area contributed by atoms with Crippen molar-refractivity contribution >= 4 is 68.4 Å². The molecule has 8 heteroatoms. The second kappa shape index (κ2) is 9.96. The first-order valence-electron chi connectivity index (χ1n) is 12.9. The first-order chi connectivity index (χ1) is 19.0. The Bertz CT molecular complexity index is 1880. The summed E-state index contributed by atoms with van der Waals surface area (Å²) in [4.78, 5) is 40.2. The summed E-state index contributed by atoms with van der Waals surface area (Å²) in [7, 11) is 0. The van der Waals surface area contributed by atoms with Gasteiger partial charge in [0.05, 0.1) is 35.6 Å². The Balaban J connectivity index is 1.99. The van der Waals surface area contributed by atoms with Gasteiger partial charge >= 0.3 is 11.9 Å². The van der Waals surface area contributed by atoms with E-state index in [2.05, 4.69) is 23.1 Å². The van der Waals surface area contributed by atoms with Gasteiger partial charge in [0.2, 0.25) is 0 Å². The minimum absolute atomic E-state index is 0.223. The van der Waals surface area contributed by atoms with Crippen LogP contribution in [-0.4, -0.2) is 42.1 Å². The van der Waals surface area contributed by atoms with E-state index in [1.807, 2.05) is 52.0 Å². The van der Waals surface area contributed by atoms with E-state index in [9.17, 15) is 19.8 Å². The molecule has 0 aromatic carbocycles. The summed E-state index contributed by atoms with van der Waals surface area (Å²) in [5.41, 5.74) is 12.0. The highest BCUT2D eigenvalue weighted by atomic mass is 16.4. The van der Waals surface area contributed by atoms with E-state index in [4.69, 9.17) is 9.97 Å². The van der Waals surface area contributed by atoms with Crippen LogP contribution in [0.1, 0.15) is 71.7 Å². The van der Waals surface area contributed by atoms with Crippen LogP contribution in [0.5, 0.6) is 0 Å². The van der Waals surface area contributed by atoms with Crippen molar-refractivity contribution in [3.63, 3.8) is 0 Å². The van der Waals surface area contributed by atoms with Gasteiger partial charge < -0.3 is 20.2 Å². The standard InChI is InChI=1S/C32H30N4O4/c1-7-19-15(3)23-11-24-17(5)21(9-31(37)38)29(35-24)14-30-22(10-32(39)40)18(6)26(36-30)13-28-20(8-2)16(4)25(34-28)12-27(19)33-23/h7-8,11-14,33-34H,1-2,9-10H2,3-6H3,(H,37,38)(H,39,40). The SMILES string of the molecule is C=Cc1c(C)c2cc3[nH]c(cc4nc(cc5nc(cc1[nH]2)C(C)=C5CC(=O)O)C(CC(=O)O)=C4C)c(C)c3C=C. The third-order valence-electron chi connectivity index (χ3n) is 7.70. The molecule has 2 aliphatic heterocycles. The molecule has 0 unspecified atom stereocenters.